The Morgan fingerprint density at radius 2 is 0.788 bits per heavy atom. The molecule has 0 bridgehead atoms. The number of hydrogen-bond acceptors (Lipinski definition) is 5. The standard InChI is InChI=1S/C47H74O5/c1-3-5-7-9-11-13-15-17-19-21-22-23-24-26-27-29-31-33-35-37-39-41-46(49)51-44-45(43-48)52-47(50)42-40-38-36-34-32-30-28-25-20-18-16-14-12-10-8-6-4-2/h5-8,11-14,17-20,22-23,28,30,34,36,45,48H,3-4,9-10,15-16,21,24-27,29,31-33,35,37-44H2,1-2H3/b7-5-,8-6-,13-11-,14-12-,19-17-,20-18-,23-22-,30-28-,36-34-. The first kappa shape index (κ1) is 48.6. The minimum atomic E-state index is -0.812. The molecule has 0 aromatic rings. The van der Waals surface area contributed by atoms with E-state index in [2.05, 4.69) is 123 Å². The van der Waals surface area contributed by atoms with Crippen LogP contribution in [0.25, 0.3) is 0 Å². The van der Waals surface area contributed by atoms with Crippen LogP contribution in [0.3, 0.4) is 0 Å². The maximum atomic E-state index is 12.2. The van der Waals surface area contributed by atoms with Crippen LogP contribution in [-0.2, 0) is 19.1 Å². The third-order valence-electron chi connectivity index (χ3n) is 8.06. The molecule has 0 amide bonds. The third-order valence-corrected chi connectivity index (χ3v) is 8.06. The van der Waals surface area contributed by atoms with Crippen molar-refractivity contribution < 1.29 is 24.2 Å². The highest BCUT2D eigenvalue weighted by Gasteiger charge is 2.15. The van der Waals surface area contributed by atoms with Gasteiger partial charge in [-0.25, -0.2) is 0 Å². The van der Waals surface area contributed by atoms with Crippen LogP contribution >= 0.6 is 0 Å². The molecule has 5 nitrogen and oxygen atoms in total. The summed E-state index contributed by atoms with van der Waals surface area (Å²) in [4.78, 5) is 24.3. The largest absolute Gasteiger partial charge is 0.462 e. The van der Waals surface area contributed by atoms with Gasteiger partial charge in [-0.05, 0) is 89.9 Å². The Bertz CT molecular complexity index is 1090. The van der Waals surface area contributed by atoms with Gasteiger partial charge in [0.15, 0.2) is 6.10 Å². The molecule has 5 heteroatoms. The first-order chi connectivity index (χ1) is 25.6. The SMILES string of the molecule is CC/C=C\C/C=C\C/C=C\C/C=C\C/C=C\CCCC(=O)OC(CO)COC(=O)CCCCCCCCCC/C=C\C/C=C\C/C=C\C/C=C\CC. The van der Waals surface area contributed by atoms with Gasteiger partial charge in [-0.3, -0.25) is 9.59 Å². The fraction of sp³-hybridized carbons (Fsp3) is 0.574. The normalized spacial score (nSPS) is 13.4. The number of aliphatic hydroxyl groups excluding tert-OH is 1. The Morgan fingerprint density at radius 3 is 1.21 bits per heavy atom. The molecule has 0 radical (unpaired) electrons. The molecule has 0 aromatic carbocycles. The van der Waals surface area contributed by atoms with Gasteiger partial charge in [0.25, 0.3) is 0 Å². The number of esters is 2. The van der Waals surface area contributed by atoms with E-state index in [0.717, 1.165) is 89.9 Å². The quantitative estimate of drug-likeness (QED) is 0.0401. The first-order valence-electron chi connectivity index (χ1n) is 20.4. The highest BCUT2D eigenvalue weighted by molar-refractivity contribution is 5.70. The Kier molecular flexibility index (Phi) is 39.2. The van der Waals surface area contributed by atoms with Crippen LogP contribution in [0.2, 0.25) is 0 Å². The number of allylic oxidation sites excluding steroid dienone is 18. The van der Waals surface area contributed by atoms with Crippen molar-refractivity contribution in [3.8, 4) is 0 Å². The molecule has 52 heavy (non-hydrogen) atoms. The molecular weight excluding hydrogens is 645 g/mol. The van der Waals surface area contributed by atoms with Crippen LogP contribution in [0.4, 0.5) is 0 Å². The van der Waals surface area contributed by atoms with Crippen LogP contribution in [0, 0.1) is 0 Å². The van der Waals surface area contributed by atoms with Crippen LogP contribution in [0.1, 0.15) is 155 Å². The molecule has 1 unspecified atom stereocenters. The lowest BCUT2D eigenvalue weighted by Crippen LogP contribution is -2.28. The fourth-order valence-corrected chi connectivity index (χ4v) is 5.05. The van der Waals surface area contributed by atoms with Crippen molar-refractivity contribution in [1.82, 2.24) is 0 Å². The summed E-state index contributed by atoms with van der Waals surface area (Å²) in [5, 5.41) is 9.56. The van der Waals surface area contributed by atoms with Crippen molar-refractivity contribution in [2.24, 2.45) is 0 Å². The predicted molar refractivity (Wildman–Crippen MR) is 223 cm³/mol. The lowest BCUT2D eigenvalue weighted by molar-refractivity contribution is -0.161. The monoisotopic (exact) mass is 719 g/mol. The molecule has 0 spiro atoms. The zero-order chi connectivity index (χ0) is 37.8. The number of carbonyl (C=O) groups excluding carboxylic acids is 2. The molecule has 0 heterocycles. The number of ether oxygens (including phenoxy) is 2. The van der Waals surface area contributed by atoms with Gasteiger partial charge in [-0.2, -0.15) is 0 Å². The van der Waals surface area contributed by atoms with Gasteiger partial charge < -0.3 is 14.6 Å². The fourth-order valence-electron chi connectivity index (χ4n) is 5.05. The second-order valence-electron chi connectivity index (χ2n) is 12.9. The summed E-state index contributed by atoms with van der Waals surface area (Å²) in [5.41, 5.74) is 0. The zero-order valence-electron chi connectivity index (χ0n) is 33.0. The Hall–Kier alpha value is -3.44. The average molecular weight is 719 g/mol. The minimum absolute atomic E-state index is 0.100. The second kappa shape index (κ2) is 42.0. The van der Waals surface area contributed by atoms with Crippen LogP contribution in [-0.4, -0.2) is 36.4 Å². The van der Waals surface area contributed by atoms with Gasteiger partial charge >= 0.3 is 11.9 Å². The van der Waals surface area contributed by atoms with Crippen molar-refractivity contribution in [2.45, 2.75) is 161 Å². The smallest absolute Gasteiger partial charge is 0.306 e. The molecule has 0 saturated carbocycles. The van der Waals surface area contributed by atoms with E-state index in [0.29, 0.717) is 12.8 Å². The predicted octanol–water partition coefficient (Wildman–Crippen LogP) is 13.1. The highest BCUT2D eigenvalue weighted by Crippen LogP contribution is 2.12. The summed E-state index contributed by atoms with van der Waals surface area (Å²) in [5.74, 6) is -0.680. The second-order valence-corrected chi connectivity index (χ2v) is 12.9. The molecular formula is C47H74O5. The van der Waals surface area contributed by atoms with Crippen molar-refractivity contribution in [3.63, 3.8) is 0 Å². The molecule has 0 saturated heterocycles. The number of rotatable bonds is 35. The zero-order valence-corrected chi connectivity index (χ0v) is 33.0. The molecule has 0 fully saturated rings. The van der Waals surface area contributed by atoms with Gasteiger partial charge in [0, 0.05) is 12.8 Å². The Morgan fingerprint density at radius 1 is 0.442 bits per heavy atom. The van der Waals surface area contributed by atoms with E-state index in [1.54, 1.807) is 0 Å². The van der Waals surface area contributed by atoms with Crippen LogP contribution in [0.5, 0.6) is 0 Å². The van der Waals surface area contributed by atoms with E-state index < -0.39 is 6.10 Å². The molecule has 0 aliphatic rings. The van der Waals surface area contributed by atoms with Gasteiger partial charge in [0.1, 0.15) is 6.61 Å². The molecule has 0 aliphatic carbocycles. The van der Waals surface area contributed by atoms with Gasteiger partial charge in [0.2, 0.25) is 0 Å². The maximum Gasteiger partial charge on any atom is 0.306 e. The van der Waals surface area contributed by atoms with Crippen molar-refractivity contribution in [3.05, 3.63) is 109 Å². The number of aliphatic hydroxyl groups is 1. The van der Waals surface area contributed by atoms with Crippen LogP contribution in [0.15, 0.2) is 109 Å². The summed E-state index contributed by atoms with van der Waals surface area (Å²) in [6.07, 6.45) is 60.1. The summed E-state index contributed by atoms with van der Waals surface area (Å²) >= 11 is 0. The van der Waals surface area contributed by atoms with E-state index in [-0.39, 0.29) is 31.6 Å². The maximum absolute atomic E-state index is 12.2. The lowest BCUT2D eigenvalue weighted by atomic mass is 10.1. The molecule has 1 atom stereocenters. The highest BCUT2D eigenvalue weighted by atomic mass is 16.6. The van der Waals surface area contributed by atoms with Crippen molar-refractivity contribution in [2.75, 3.05) is 13.2 Å². The van der Waals surface area contributed by atoms with Gasteiger partial charge in [-0.1, -0.05) is 162 Å². The van der Waals surface area contributed by atoms with Gasteiger partial charge in [0.05, 0.1) is 6.61 Å². The summed E-state index contributed by atoms with van der Waals surface area (Å²) in [7, 11) is 0. The summed E-state index contributed by atoms with van der Waals surface area (Å²) in [6.45, 7) is 3.84. The van der Waals surface area contributed by atoms with Crippen LogP contribution < -0.4 is 0 Å². The van der Waals surface area contributed by atoms with Crippen molar-refractivity contribution in [1.29, 1.82) is 0 Å². The minimum Gasteiger partial charge on any atom is -0.462 e. The molecule has 0 aromatic heterocycles. The number of unbranched alkanes of at least 4 members (excludes halogenated alkanes) is 9. The summed E-state index contributed by atoms with van der Waals surface area (Å²) < 4.78 is 10.6. The molecule has 292 valence electrons. The van der Waals surface area contributed by atoms with E-state index >= 15 is 0 Å². The number of hydrogen-bond donors (Lipinski definition) is 1. The molecule has 0 aliphatic heterocycles. The Balaban J connectivity index is 3.69. The summed E-state index contributed by atoms with van der Waals surface area (Å²) in [6, 6.07) is 0. The molecule has 1 N–H and O–H groups in total. The topological polar surface area (TPSA) is 72.8 Å². The lowest BCUT2D eigenvalue weighted by Gasteiger charge is -2.15. The third kappa shape index (κ3) is 39.3. The van der Waals surface area contributed by atoms with E-state index in [9.17, 15) is 14.7 Å². The first-order valence-corrected chi connectivity index (χ1v) is 20.4. The number of carbonyl (C=O) groups is 2. The average Bonchev–Trinajstić information content (AvgIpc) is 3.15. The van der Waals surface area contributed by atoms with Crippen molar-refractivity contribution >= 4 is 11.9 Å². The molecule has 0 rings (SSSR count). The van der Waals surface area contributed by atoms with E-state index in [1.165, 1.54) is 32.1 Å². The van der Waals surface area contributed by atoms with E-state index in [1.807, 2.05) is 0 Å². The van der Waals surface area contributed by atoms with E-state index in [4.69, 9.17) is 9.47 Å². The Labute approximate surface area is 319 Å². The van der Waals surface area contributed by atoms with Gasteiger partial charge in [-0.15, -0.1) is 0 Å².